The molecular weight excluding hydrogens is 360 g/mol. The van der Waals surface area contributed by atoms with Gasteiger partial charge in [0.25, 0.3) is 5.56 Å². The number of H-pyrrole nitrogens is 1. The first-order chi connectivity index (χ1) is 13.4. The zero-order valence-corrected chi connectivity index (χ0v) is 15.4. The number of pyridine rings is 1. The average molecular weight is 380 g/mol. The minimum absolute atomic E-state index is 0.0651. The molecule has 0 bridgehead atoms. The number of aromatic nitrogens is 5. The molecule has 0 radical (unpaired) electrons. The van der Waals surface area contributed by atoms with Gasteiger partial charge in [-0.3, -0.25) is 9.36 Å². The molecule has 4 rings (SSSR count). The van der Waals surface area contributed by atoms with E-state index in [1.807, 2.05) is 38.1 Å². The van der Waals surface area contributed by atoms with Crippen LogP contribution < -0.4 is 16.0 Å². The van der Waals surface area contributed by atoms with Crippen LogP contribution in [0.4, 0.5) is 5.95 Å². The molecule has 1 unspecified atom stereocenters. The Kier molecular flexibility index (Phi) is 4.36. The van der Waals surface area contributed by atoms with E-state index in [9.17, 15) is 9.90 Å². The molecule has 1 atom stereocenters. The number of aliphatic hydroxyl groups excluding tert-OH is 1. The zero-order chi connectivity index (χ0) is 19.8. The predicted octanol–water partition coefficient (Wildman–Crippen LogP) is 1.82. The van der Waals surface area contributed by atoms with Gasteiger partial charge in [0.1, 0.15) is 17.7 Å². The number of nitrogens with two attached hydrogens (primary N) is 1. The lowest BCUT2D eigenvalue weighted by Gasteiger charge is -2.12. The van der Waals surface area contributed by atoms with Crippen molar-refractivity contribution >= 4 is 17.0 Å². The molecule has 0 fully saturated rings. The Bertz CT molecular complexity index is 1170. The Morgan fingerprint density at radius 2 is 1.93 bits per heavy atom. The van der Waals surface area contributed by atoms with Crippen LogP contribution in [0, 0.1) is 0 Å². The van der Waals surface area contributed by atoms with E-state index in [1.165, 1.54) is 17.1 Å². The molecule has 4 N–H and O–H groups in total. The van der Waals surface area contributed by atoms with E-state index in [1.54, 1.807) is 16.7 Å². The summed E-state index contributed by atoms with van der Waals surface area (Å²) >= 11 is 0. The SMILES string of the molecule is CC(C)Oc1ccc(-n2c(=O)ccc3cc(C(O)n4cnc(N)n4)[nH]c32)cc1. The number of rotatable bonds is 5. The molecule has 0 amide bonds. The maximum absolute atomic E-state index is 12.6. The Hall–Kier alpha value is -3.59. The number of ether oxygens (including phenoxy) is 1. The summed E-state index contributed by atoms with van der Waals surface area (Å²) in [6.45, 7) is 3.90. The number of anilines is 1. The van der Waals surface area contributed by atoms with E-state index in [-0.39, 0.29) is 17.6 Å². The molecule has 0 aliphatic carbocycles. The number of nitrogens with zero attached hydrogens (tertiary/aromatic N) is 4. The van der Waals surface area contributed by atoms with Gasteiger partial charge in [-0.05, 0) is 50.2 Å². The lowest BCUT2D eigenvalue weighted by Crippen LogP contribution is -2.17. The van der Waals surface area contributed by atoms with Crippen LogP contribution in [0.1, 0.15) is 25.8 Å². The van der Waals surface area contributed by atoms with E-state index < -0.39 is 6.23 Å². The van der Waals surface area contributed by atoms with Crippen LogP contribution in [0.5, 0.6) is 5.75 Å². The topological polar surface area (TPSA) is 124 Å². The van der Waals surface area contributed by atoms with Crippen molar-refractivity contribution in [3.63, 3.8) is 0 Å². The van der Waals surface area contributed by atoms with Gasteiger partial charge in [0, 0.05) is 11.5 Å². The molecule has 0 spiro atoms. The van der Waals surface area contributed by atoms with Gasteiger partial charge in [0.15, 0.2) is 6.23 Å². The maximum Gasteiger partial charge on any atom is 0.256 e. The second-order valence-electron chi connectivity index (χ2n) is 6.65. The van der Waals surface area contributed by atoms with Crippen molar-refractivity contribution in [2.75, 3.05) is 5.73 Å². The molecule has 28 heavy (non-hydrogen) atoms. The smallest absolute Gasteiger partial charge is 0.256 e. The molecule has 3 aromatic heterocycles. The highest BCUT2D eigenvalue weighted by molar-refractivity contribution is 5.78. The number of hydrogen-bond donors (Lipinski definition) is 3. The van der Waals surface area contributed by atoms with Crippen LogP contribution in [0.15, 0.2) is 53.6 Å². The van der Waals surface area contributed by atoms with Crippen LogP contribution in [0.25, 0.3) is 16.7 Å². The first-order valence-electron chi connectivity index (χ1n) is 8.79. The maximum atomic E-state index is 12.6. The third-order valence-electron chi connectivity index (χ3n) is 4.22. The lowest BCUT2D eigenvalue weighted by atomic mass is 10.2. The number of benzene rings is 1. The fourth-order valence-electron chi connectivity index (χ4n) is 3.03. The molecular formula is C19H20N6O3. The van der Waals surface area contributed by atoms with E-state index in [2.05, 4.69) is 15.1 Å². The van der Waals surface area contributed by atoms with Crippen molar-refractivity contribution in [2.45, 2.75) is 26.2 Å². The lowest BCUT2D eigenvalue weighted by molar-refractivity contribution is 0.128. The van der Waals surface area contributed by atoms with Crippen molar-refractivity contribution < 1.29 is 9.84 Å². The first-order valence-corrected chi connectivity index (χ1v) is 8.79. The normalized spacial score (nSPS) is 12.6. The van der Waals surface area contributed by atoms with E-state index in [4.69, 9.17) is 10.5 Å². The fourth-order valence-corrected chi connectivity index (χ4v) is 3.03. The second kappa shape index (κ2) is 6.86. The number of nitrogens with one attached hydrogen (secondary N) is 1. The van der Waals surface area contributed by atoms with Crippen LogP contribution in [-0.2, 0) is 0 Å². The molecule has 144 valence electrons. The first kappa shape index (κ1) is 17.8. The quantitative estimate of drug-likeness (QED) is 0.485. The number of aromatic amines is 1. The molecule has 3 heterocycles. The number of fused-ring (bicyclic) bond motifs is 1. The number of aliphatic hydroxyl groups is 1. The molecule has 9 nitrogen and oxygen atoms in total. The van der Waals surface area contributed by atoms with Gasteiger partial charge >= 0.3 is 0 Å². The number of hydrogen-bond acceptors (Lipinski definition) is 6. The van der Waals surface area contributed by atoms with Crippen molar-refractivity contribution in [3.05, 3.63) is 64.8 Å². The largest absolute Gasteiger partial charge is 0.491 e. The minimum Gasteiger partial charge on any atom is -0.491 e. The molecule has 4 aromatic rings. The molecule has 0 saturated carbocycles. The Morgan fingerprint density at radius 3 is 2.57 bits per heavy atom. The summed E-state index contributed by atoms with van der Waals surface area (Å²) in [5, 5.41) is 15.2. The third kappa shape index (κ3) is 3.23. The van der Waals surface area contributed by atoms with Crippen LogP contribution in [0.2, 0.25) is 0 Å². The molecule has 0 saturated heterocycles. The van der Waals surface area contributed by atoms with Crippen molar-refractivity contribution in [1.29, 1.82) is 0 Å². The van der Waals surface area contributed by atoms with Crippen LogP contribution in [0.3, 0.4) is 0 Å². The van der Waals surface area contributed by atoms with Gasteiger partial charge < -0.3 is 20.6 Å². The monoisotopic (exact) mass is 380 g/mol. The summed E-state index contributed by atoms with van der Waals surface area (Å²) in [5.74, 6) is 0.793. The number of nitrogen functional groups attached to an aromatic ring is 1. The van der Waals surface area contributed by atoms with Gasteiger partial charge in [-0.15, -0.1) is 5.10 Å². The zero-order valence-electron chi connectivity index (χ0n) is 15.4. The van der Waals surface area contributed by atoms with Gasteiger partial charge in [-0.1, -0.05) is 0 Å². The Morgan fingerprint density at radius 1 is 1.18 bits per heavy atom. The highest BCUT2D eigenvalue weighted by Gasteiger charge is 2.16. The summed E-state index contributed by atoms with van der Waals surface area (Å²) in [7, 11) is 0. The van der Waals surface area contributed by atoms with E-state index in [0.717, 1.165) is 11.1 Å². The van der Waals surface area contributed by atoms with Crippen molar-refractivity contribution in [3.8, 4) is 11.4 Å². The second-order valence-corrected chi connectivity index (χ2v) is 6.65. The summed E-state index contributed by atoms with van der Waals surface area (Å²) in [5.41, 5.74) is 7.02. The Balaban J connectivity index is 1.77. The average Bonchev–Trinajstić information content (AvgIpc) is 3.28. The summed E-state index contributed by atoms with van der Waals surface area (Å²) in [6, 6.07) is 12.2. The summed E-state index contributed by atoms with van der Waals surface area (Å²) in [6.07, 6.45) is 0.296. The molecule has 9 heteroatoms. The van der Waals surface area contributed by atoms with Gasteiger partial charge in [0.2, 0.25) is 5.95 Å². The summed E-state index contributed by atoms with van der Waals surface area (Å²) < 4.78 is 8.43. The van der Waals surface area contributed by atoms with Crippen LogP contribution >= 0.6 is 0 Å². The van der Waals surface area contributed by atoms with E-state index in [0.29, 0.717) is 17.0 Å². The van der Waals surface area contributed by atoms with Crippen molar-refractivity contribution in [1.82, 2.24) is 24.3 Å². The highest BCUT2D eigenvalue weighted by atomic mass is 16.5. The summed E-state index contributed by atoms with van der Waals surface area (Å²) in [4.78, 5) is 19.5. The molecule has 0 aliphatic heterocycles. The molecule has 0 aliphatic rings. The van der Waals surface area contributed by atoms with E-state index >= 15 is 0 Å². The third-order valence-corrected chi connectivity index (χ3v) is 4.22. The van der Waals surface area contributed by atoms with Gasteiger partial charge in [-0.2, -0.15) is 0 Å². The molecule has 1 aromatic carbocycles. The Labute approximate surface area is 160 Å². The minimum atomic E-state index is -1.11. The van der Waals surface area contributed by atoms with Gasteiger partial charge in [0.05, 0.1) is 17.5 Å². The van der Waals surface area contributed by atoms with Crippen molar-refractivity contribution in [2.24, 2.45) is 0 Å². The van der Waals surface area contributed by atoms with Gasteiger partial charge in [-0.25, -0.2) is 9.67 Å². The fraction of sp³-hybridized carbons (Fsp3) is 0.211. The van der Waals surface area contributed by atoms with Crippen LogP contribution in [-0.4, -0.2) is 35.5 Å². The predicted molar refractivity (Wildman–Crippen MR) is 104 cm³/mol. The highest BCUT2D eigenvalue weighted by Crippen LogP contribution is 2.23. The standard InChI is InChI=1S/C19H20N6O3/c1-11(2)28-14-6-4-13(5-7-14)25-16(26)8-3-12-9-15(22-17(12)25)18(27)24-10-21-19(20)23-24/h3-11,18,22,27H,1-2H3,(H2,20,23).